The van der Waals surface area contributed by atoms with Crippen LogP contribution in [0.25, 0.3) is 0 Å². The van der Waals surface area contributed by atoms with Crippen molar-refractivity contribution in [2.45, 2.75) is 25.8 Å². The Bertz CT molecular complexity index is 611. The molecule has 1 saturated heterocycles. The lowest BCUT2D eigenvalue weighted by Gasteiger charge is -2.23. The summed E-state index contributed by atoms with van der Waals surface area (Å²) in [6.07, 6.45) is 0.783. The number of carbonyl (C=O) groups excluding carboxylic acids is 3. The van der Waals surface area contributed by atoms with E-state index in [9.17, 15) is 14.4 Å². The van der Waals surface area contributed by atoms with Gasteiger partial charge in [0.15, 0.2) is 0 Å². The van der Waals surface area contributed by atoms with Gasteiger partial charge in [0.2, 0.25) is 11.8 Å². The second kappa shape index (κ2) is 9.03. The van der Waals surface area contributed by atoms with Crippen molar-refractivity contribution >= 4 is 29.3 Å². The number of anilines is 2. The molecule has 8 heteroatoms. The number of hydrogen-bond donors (Lipinski definition) is 3. The van der Waals surface area contributed by atoms with Gasteiger partial charge in [-0.1, -0.05) is 0 Å². The van der Waals surface area contributed by atoms with Crippen LogP contribution in [0, 0.1) is 5.92 Å². The summed E-state index contributed by atoms with van der Waals surface area (Å²) < 4.78 is 9.73. The third-order valence-corrected chi connectivity index (χ3v) is 3.93. The first-order valence-corrected chi connectivity index (χ1v) is 8.13. The molecule has 1 unspecified atom stereocenters. The Labute approximate surface area is 146 Å². The number of benzene rings is 1. The minimum atomic E-state index is -0.650. The highest BCUT2D eigenvalue weighted by Crippen LogP contribution is 2.16. The maximum absolute atomic E-state index is 12.2. The average molecular weight is 349 g/mol. The maximum Gasteiger partial charge on any atom is 0.411 e. The van der Waals surface area contributed by atoms with E-state index in [0.717, 1.165) is 0 Å². The van der Waals surface area contributed by atoms with Crippen molar-refractivity contribution in [3.63, 3.8) is 0 Å². The van der Waals surface area contributed by atoms with Gasteiger partial charge in [-0.2, -0.15) is 0 Å². The molecule has 1 heterocycles. The van der Waals surface area contributed by atoms with E-state index in [4.69, 9.17) is 4.74 Å². The van der Waals surface area contributed by atoms with Gasteiger partial charge < -0.3 is 20.1 Å². The summed E-state index contributed by atoms with van der Waals surface area (Å²) in [5, 5.41) is 7.97. The number of methoxy groups -OCH3 is 1. The highest BCUT2D eigenvalue weighted by atomic mass is 16.5. The number of amides is 3. The van der Waals surface area contributed by atoms with Crippen molar-refractivity contribution in [1.82, 2.24) is 5.32 Å². The maximum atomic E-state index is 12.2. The fourth-order valence-corrected chi connectivity index (χ4v) is 2.41. The van der Waals surface area contributed by atoms with Crippen LogP contribution in [0.1, 0.15) is 19.8 Å². The molecule has 1 aliphatic heterocycles. The molecule has 0 spiro atoms. The summed E-state index contributed by atoms with van der Waals surface area (Å²) in [4.78, 5) is 35.5. The molecule has 25 heavy (non-hydrogen) atoms. The topological polar surface area (TPSA) is 106 Å². The van der Waals surface area contributed by atoms with Gasteiger partial charge in [0, 0.05) is 30.5 Å². The highest BCUT2D eigenvalue weighted by molar-refractivity contribution is 5.97. The number of nitrogens with one attached hydrogen (secondary N) is 3. The third kappa shape index (κ3) is 5.75. The van der Waals surface area contributed by atoms with E-state index in [0.29, 0.717) is 37.4 Å². The molecule has 3 N–H and O–H groups in total. The summed E-state index contributed by atoms with van der Waals surface area (Å²) in [6.45, 7) is 2.79. The van der Waals surface area contributed by atoms with Gasteiger partial charge in [0.25, 0.3) is 0 Å². The van der Waals surface area contributed by atoms with Gasteiger partial charge >= 0.3 is 6.09 Å². The quantitative estimate of drug-likeness (QED) is 0.751. The van der Waals surface area contributed by atoms with Crippen molar-refractivity contribution in [3.8, 4) is 0 Å². The van der Waals surface area contributed by atoms with Crippen LogP contribution in [0.5, 0.6) is 0 Å². The Morgan fingerprint density at radius 2 is 1.64 bits per heavy atom. The fourth-order valence-electron chi connectivity index (χ4n) is 2.41. The van der Waals surface area contributed by atoms with Gasteiger partial charge in [0.1, 0.15) is 6.04 Å². The van der Waals surface area contributed by atoms with Crippen LogP contribution >= 0.6 is 0 Å². The molecule has 3 amide bonds. The van der Waals surface area contributed by atoms with E-state index in [2.05, 4.69) is 20.7 Å². The zero-order chi connectivity index (χ0) is 18.2. The average Bonchev–Trinajstić information content (AvgIpc) is 2.63. The largest absolute Gasteiger partial charge is 0.453 e. The van der Waals surface area contributed by atoms with Crippen molar-refractivity contribution in [2.75, 3.05) is 31.0 Å². The van der Waals surface area contributed by atoms with Crippen molar-refractivity contribution in [3.05, 3.63) is 24.3 Å². The SMILES string of the molecule is COC(=O)Nc1ccc(NC(=O)C(C)NC(=O)C2CCOCC2)cc1. The predicted molar refractivity (Wildman–Crippen MR) is 92.2 cm³/mol. The Morgan fingerprint density at radius 1 is 1.08 bits per heavy atom. The summed E-state index contributed by atoms with van der Waals surface area (Å²) in [5.74, 6) is -0.537. The first-order valence-electron chi connectivity index (χ1n) is 8.13. The van der Waals surface area contributed by atoms with Crippen LogP contribution in [0.15, 0.2) is 24.3 Å². The molecular formula is C17H23N3O5. The van der Waals surface area contributed by atoms with Crippen LogP contribution < -0.4 is 16.0 Å². The molecule has 0 saturated carbocycles. The Hall–Kier alpha value is -2.61. The van der Waals surface area contributed by atoms with Crippen LogP contribution in [-0.4, -0.2) is 44.3 Å². The summed E-state index contributed by atoms with van der Waals surface area (Å²) in [5.41, 5.74) is 1.11. The third-order valence-electron chi connectivity index (χ3n) is 3.93. The molecule has 0 bridgehead atoms. The molecule has 1 atom stereocenters. The zero-order valence-corrected chi connectivity index (χ0v) is 14.3. The zero-order valence-electron chi connectivity index (χ0n) is 14.3. The van der Waals surface area contributed by atoms with E-state index >= 15 is 0 Å². The molecule has 136 valence electrons. The first kappa shape index (κ1) is 18.7. The molecule has 1 fully saturated rings. The predicted octanol–water partition coefficient (Wildman–Crippen LogP) is 1.73. The smallest absolute Gasteiger partial charge is 0.411 e. The standard InChI is InChI=1S/C17H23N3O5/c1-11(18-16(22)12-7-9-25-10-8-12)15(21)19-13-3-5-14(6-4-13)20-17(23)24-2/h3-6,11-12H,7-10H2,1-2H3,(H,18,22)(H,19,21)(H,20,23). The molecule has 8 nitrogen and oxygen atoms in total. The molecule has 0 aromatic heterocycles. The van der Waals surface area contributed by atoms with Gasteiger partial charge in [0.05, 0.1) is 7.11 Å². The number of rotatable bonds is 5. The lowest BCUT2D eigenvalue weighted by molar-refractivity contribution is -0.131. The minimum Gasteiger partial charge on any atom is -0.453 e. The van der Waals surface area contributed by atoms with E-state index in [1.165, 1.54) is 7.11 Å². The Kier molecular flexibility index (Phi) is 6.76. The van der Waals surface area contributed by atoms with E-state index in [1.54, 1.807) is 31.2 Å². The number of carbonyl (C=O) groups is 3. The Balaban J connectivity index is 1.83. The number of hydrogen-bond acceptors (Lipinski definition) is 5. The number of ether oxygens (including phenoxy) is 2. The summed E-state index contributed by atoms with van der Waals surface area (Å²) in [6, 6.07) is 5.92. The van der Waals surface area contributed by atoms with E-state index in [-0.39, 0.29) is 17.7 Å². The molecule has 1 aromatic carbocycles. The molecule has 1 aromatic rings. The molecule has 0 aliphatic carbocycles. The van der Waals surface area contributed by atoms with Crippen molar-refractivity contribution in [2.24, 2.45) is 5.92 Å². The van der Waals surface area contributed by atoms with Crippen LogP contribution in [0.3, 0.4) is 0 Å². The van der Waals surface area contributed by atoms with Crippen molar-refractivity contribution in [1.29, 1.82) is 0 Å². The lowest BCUT2D eigenvalue weighted by Crippen LogP contribution is -2.45. The van der Waals surface area contributed by atoms with Gasteiger partial charge in [-0.3, -0.25) is 14.9 Å². The summed E-state index contributed by atoms with van der Waals surface area (Å²) in [7, 11) is 1.28. The first-order chi connectivity index (χ1) is 12.0. The second-order valence-electron chi connectivity index (χ2n) is 5.80. The van der Waals surface area contributed by atoms with Crippen molar-refractivity contribution < 1.29 is 23.9 Å². The molecule has 1 aliphatic rings. The van der Waals surface area contributed by atoms with E-state index in [1.807, 2.05) is 0 Å². The summed E-state index contributed by atoms with van der Waals surface area (Å²) >= 11 is 0. The minimum absolute atomic E-state index is 0.104. The second-order valence-corrected chi connectivity index (χ2v) is 5.80. The molecule has 0 radical (unpaired) electrons. The van der Waals surface area contributed by atoms with Crippen LogP contribution in [0.2, 0.25) is 0 Å². The van der Waals surface area contributed by atoms with Crippen LogP contribution in [-0.2, 0) is 19.1 Å². The van der Waals surface area contributed by atoms with Crippen LogP contribution in [0.4, 0.5) is 16.2 Å². The lowest BCUT2D eigenvalue weighted by atomic mass is 9.99. The highest BCUT2D eigenvalue weighted by Gasteiger charge is 2.24. The van der Waals surface area contributed by atoms with Gasteiger partial charge in [-0.25, -0.2) is 4.79 Å². The fraction of sp³-hybridized carbons (Fsp3) is 0.471. The van der Waals surface area contributed by atoms with Gasteiger partial charge in [-0.15, -0.1) is 0 Å². The monoisotopic (exact) mass is 349 g/mol. The molecule has 2 rings (SSSR count). The Morgan fingerprint density at radius 3 is 2.20 bits per heavy atom. The van der Waals surface area contributed by atoms with E-state index < -0.39 is 12.1 Å². The normalized spacial score (nSPS) is 15.8. The van der Waals surface area contributed by atoms with Gasteiger partial charge in [-0.05, 0) is 44.0 Å². The molecular weight excluding hydrogens is 326 g/mol.